The van der Waals surface area contributed by atoms with Crippen LogP contribution in [-0.4, -0.2) is 23.5 Å². The van der Waals surface area contributed by atoms with E-state index in [0.717, 1.165) is 36.2 Å². The van der Waals surface area contributed by atoms with Crippen LogP contribution in [0, 0.1) is 5.82 Å². The first-order valence-electron chi connectivity index (χ1n) is 12.8. The molecule has 1 aliphatic rings. The predicted octanol–water partition coefficient (Wildman–Crippen LogP) is 6.63. The number of carbonyl (C=O) groups is 2. The van der Waals surface area contributed by atoms with Crippen molar-refractivity contribution in [3.8, 4) is 11.1 Å². The van der Waals surface area contributed by atoms with Gasteiger partial charge < -0.3 is 15.3 Å². The number of amides is 1. The van der Waals surface area contributed by atoms with Gasteiger partial charge in [0.2, 0.25) is 0 Å². The molecule has 192 valence electrons. The summed E-state index contributed by atoms with van der Waals surface area (Å²) in [7, 11) is 0. The minimum atomic E-state index is -1.04. The van der Waals surface area contributed by atoms with E-state index in [4.69, 9.17) is 0 Å². The Balaban J connectivity index is 1.33. The van der Waals surface area contributed by atoms with Crippen LogP contribution in [0.15, 0.2) is 91.0 Å². The number of hydrogen-bond donors (Lipinski definition) is 2. The number of nitrogens with one attached hydrogen (secondary N) is 1. The lowest BCUT2D eigenvalue weighted by molar-refractivity contribution is 0.0697. The van der Waals surface area contributed by atoms with Crippen molar-refractivity contribution < 1.29 is 19.1 Å². The van der Waals surface area contributed by atoms with Crippen molar-refractivity contribution in [3.63, 3.8) is 0 Å². The van der Waals surface area contributed by atoms with Crippen LogP contribution in [0.2, 0.25) is 0 Å². The number of aryl methyl sites for hydroxylation is 1. The summed E-state index contributed by atoms with van der Waals surface area (Å²) in [5.41, 5.74) is 5.43. The van der Waals surface area contributed by atoms with Gasteiger partial charge >= 0.3 is 5.97 Å². The van der Waals surface area contributed by atoms with E-state index in [0.29, 0.717) is 28.8 Å². The van der Waals surface area contributed by atoms with E-state index in [2.05, 4.69) is 10.2 Å². The average Bonchev–Trinajstić information content (AvgIpc) is 2.94. The normalized spacial score (nSPS) is 13.5. The number of halogens is 1. The van der Waals surface area contributed by atoms with Crippen molar-refractivity contribution in [1.82, 2.24) is 5.32 Å². The van der Waals surface area contributed by atoms with Crippen molar-refractivity contribution in [2.45, 2.75) is 32.4 Å². The number of anilines is 1. The largest absolute Gasteiger partial charge is 0.478 e. The minimum Gasteiger partial charge on any atom is -0.478 e. The number of benzene rings is 4. The Labute approximate surface area is 221 Å². The van der Waals surface area contributed by atoms with Crippen LogP contribution in [0.5, 0.6) is 0 Å². The molecule has 0 aliphatic carbocycles. The molecule has 5 nitrogen and oxygen atoms in total. The van der Waals surface area contributed by atoms with Gasteiger partial charge in [-0.3, -0.25) is 4.79 Å². The molecule has 1 amide bonds. The van der Waals surface area contributed by atoms with E-state index in [1.807, 2.05) is 55.5 Å². The summed E-state index contributed by atoms with van der Waals surface area (Å²) in [6.45, 7) is 3.14. The maximum atomic E-state index is 15.2. The lowest BCUT2D eigenvalue weighted by Gasteiger charge is -2.32. The van der Waals surface area contributed by atoms with Crippen LogP contribution in [0.1, 0.15) is 56.8 Å². The van der Waals surface area contributed by atoms with Crippen molar-refractivity contribution in [1.29, 1.82) is 0 Å². The Morgan fingerprint density at radius 3 is 2.50 bits per heavy atom. The van der Waals surface area contributed by atoms with Gasteiger partial charge in [-0.05, 0) is 72.4 Å². The van der Waals surface area contributed by atoms with E-state index in [9.17, 15) is 14.7 Å². The van der Waals surface area contributed by atoms with E-state index < -0.39 is 5.97 Å². The molecule has 1 aliphatic heterocycles. The molecule has 4 aromatic rings. The number of carbonyl (C=O) groups excluding carboxylic acids is 1. The fourth-order valence-corrected chi connectivity index (χ4v) is 5.06. The Morgan fingerprint density at radius 2 is 1.74 bits per heavy atom. The fraction of sp³-hybridized carbons (Fsp3) is 0.188. The average molecular weight is 509 g/mol. The monoisotopic (exact) mass is 508 g/mol. The van der Waals surface area contributed by atoms with Gasteiger partial charge in [-0.25, -0.2) is 9.18 Å². The zero-order valence-corrected chi connectivity index (χ0v) is 21.2. The molecule has 2 N–H and O–H groups in total. The first kappa shape index (κ1) is 25.2. The first-order valence-corrected chi connectivity index (χ1v) is 12.8. The quantitative estimate of drug-likeness (QED) is 0.294. The SMILES string of the molecule is C[C@H](NC(=O)c1ccc2c(c1)CCCN2Cc1ccc(-c2ccccc2C(=O)O)cc1F)c1ccccc1. The third kappa shape index (κ3) is 5.30. The molecule has 0 aromatic heterocycles. The molecule has 1 heterocycles. The number of carboxylic acids is 1. The zero-order chi connectivity index (χ0) is 26.6. The summed E-state index contributed by atoms with van der Waals surface area (Å²) >= 11 is 0. The highest BCUT2D eigenvalue weighted by Crippen LogP contribution is 2.31. The summed E-state index contributed by atoms with van der Waals surface area (Å²) in [5, 5.41) is 12.6. The second kappa shape index (κ2) is 10.9. The smallest absolute Gasteiger partial charge is 0.336 e. The standard InChI is InChI=1S/C32H29FN2O3/c1-21(22-8-3-2-4-9-22)34-31(36)25-15-16-30-24(18-25)10-7-17-35(30)20-26-14-13-23(19-29(26)33)27-11-5-6-12-28(27)32(37)38/h2-6,8-9,11-16,18-19,21H,7,10,17,20H2,1H3,(H,34,36)(H,37,38)/t21-/m0/s1. The molecule has 0 radical (unpaired) electrons. The molecule has 0 bridgehead atoms. The molecule has 0 fully saturated rings. The van der Waals surface area contributed by atoms with Crippen LogP contribution < -0.4 is 10.2 Å². The molecule has 6 heteroatoms. The maximum Gasteiger partial charge on any atom is 0.336 e. The van der Waals surface area contributed by atoms with Gasteiger partial charge in [0.15, 0.2) is 0 Å². The Kier molecular flexibility index (Phi) is 7.22. The van der Waals surface area contributed by atoms with Gasteiger partial charge in [0.25, 0.3) is 5.91 Å². The molecule has 1 atom stereocenters. The molecular weight excluding hydrogens is 479 g/mol. The number of aromatic carboxylic acids is 1. The van der Waals surface area contributed by atoms with Crippen LogP contribution in [0.3, 0.4) is 0 Å². The summed E-state index contributed by atoms with van der Waals surface area (Å²) < 4.78 is 15.2. The van der Waals surface area contributed by atoms with Gasteiger partial charge in [-0.2, -0.15) is 0 Å². The first-order chi connectivity index (χ1) is 18.4. The lowest BCUT2D eigenvalue weighted by Crippen LogP contribution is -2.30. The zero-order valence-electron chi connectivity index (χ0n) is 21.2. The Morgan fingerprint density at radius 1 is 0.974 bits per heavy atom. The van der Waals surface area contributed by atoms with Crippen LogP contribution >= 0.6 is 0 Å². The van der Waals surface area contributed by atoms with E-state index in [1.54, 1.807) is 30.3 Å². The van der Waals surface area contributed by atoms with E-state index in [-0.39, 0.29) is 23.3 Å². The molecule has 0 saturated carbocycles. The Bertz CT molecular complexity index is 1490. The molecule has 38 heavy (non-hydrogen) atoms. The summed E-state index contributed by atoms with van der Waals surface area (Å²) in [6, 6.07) is 27.0. The molecule has 0 spiro atoms. The molecule has 5 rings (SSSR count). The van der Waals surface area contributed by atoms with Gasteiger partial charge in [0.1, 0.15) is 5.82 Å². The van der Waals surface area contributed by atoms with Crippen molar-refractivity contribution in [3.05, 3.63) is 125 Å². The highest BCUT2D eigenvalue weighted by atomic mass is 19.1. The topological polar surface area (TPSA) is 69.6 Å². The van der Waals surface area contributed by atoms with Gasteiger partial charge in [0, 0.05) is 29.9 Å². The summed E-state index contributed by atoms with van der Waals surface area (Å²) in [4.78, 5) is 26.7. The minimum absolute atomic E-state index is 0.107. The third-order valence-electron chi connectivity index (χ3n) is 7.09. The number of rotatable bonds is 7. The number of fused-ring (bicyclic) bond motifs is 1. The summed E-state index contributed by atoms with van der Waals surface area (Å²) in [5.74, 6) is -1.54. The van der Waals surface area contributed by atoms with Crippen LogP contribution in [0.4, 0.5) is 10.1 Å². The second-order valence-electron chi connectivity index (χ2n) is 9.63. The fourth-order valence-electron chi connectivity index (χ4n) is 5.06. The molecule has 4 aromatic carbocycles. The highest BCUT2D eigenvalue weighted by molar-refractivity contribution is 5.96. The molecule has 0 saturated heterocycles. The van der Waals surface area contributed by atoms with E-state index in [1.165, 1.54) is 12.1 Å². The molecule has 0 unspecified atom stereocenters. The second-order valence-corrected chi connectivity index (χ2v) is 9.63. The van der Waals surface area contributed by atoms with Crippen LogP contribution in [0.25, 0.3) is 11.1 Å². The van der Waals surface area contributed by atoms with Crippen LogP contribution in [-0.2, 0) is 13.0 Å². The molecular formula is C32H29FN2O3. The van der Waals surface area contributed by atoms with Crippen molar-refractivity contribution in [2.24, 2.45) is 0 Å². The number of hydrogen-bond acceptors (Lipinski definition) is 3. The van der Waals surface area contributed by atoms with Gasteiger partial charge in [-0.1, -0.05) is 60.7 Å². The number of carboxylic acid groups (broad SMARTS) is 1. The third-order valence-corrected chi connectivity index (χ3v) is 7.09. The summed E-state index contributed by atoms with van der Waals surface area (Å²) in [6.07, 6.45) is 1.76. The van der Waals surface area contributed by atoms with Crippen molar-refractivity contribution >= 4 is 17.6 Å². The lowest BCUT2D eigenvalue weighted by atomic mass is 9.96. The predicted molar refractivity (Wildman–Crippen MR) is 147 cm³/mol. The van der Waals surface area contributed by atoms with Crippen molar-refractivity contribution in [2.75, 3.05) is 11.4 Å². The highest BCUT2D eigenvalue weighted by Gasteiger charge is 2.21. The number of nitrogens with zero attached hydrogens (tertiary/aromatic N) is 1. The maximum absolute atomic E-state index is 15.2. The van der Waals surface area contributed by atoms with Gasteiger partial charge in [-0.15, -0.1) is 0 Å². The Hall–Kier alpha value is -4.45. The van der Waals surface area contributed by atoms with E-state index >= 15 is 4.39 Å². The van der Waals surface area contributed by atoms with Gasteiger partial charge in [0.05, 0.1) is 11.6 Å².